The first-order valence-corrected chi connectivity index (χ1v) is 10.0. The average Bonchev–Trinajstić information content (AvgIpc) is 3.45. The lowest BCUT2D eigenvalue weighted by Crippen LogP contribution is -2.29. The lowest BCUT2D eigenvalue weighted by Gasteiger charge is -2.19. The molecule has 1 aliphatic heterocycles. The maximum Gasteiger partial charge on any atom is 0.251 e. The summed E-state index contributed by atoms with van der Waals surface area (Å²) in [6.45, 7) is 1.39. The Morgan fingerprint density at radius 1 is 1.07 bits per heavy atom. The van der Waals surface area contributed by atoms with Crippen LogP contribution in [0.1, 0.15) is 47.6 Å². The van der Waals surface area contributed by atoms with Gasteiger partial charge in [-0.15, -0.1) is 0 Å². The monoisotopic (exact) mass is 381 g/mol. The van der Waals surface area contributed by atoms with Gasteiger partial charge in [0, 0.05) is 12.2 Å². The molecule has 5 heteroatoms. The summed E-state index contributed by atoms with van der Waals surface area (Å²) in [5, 5.41) is 3.20. The van der Waals surface area contributed by atoms with Crippen LogP contribution in [0.25, 0.3) is 0 Å². The zero-order chi connectivity index (χ0) is 19.3. The quantitative estimate of drug-likeness (QED) is 0.747. The summed E-state index contributed by atoms with van der Waals surface area (Å²) in [6, 6.07) is 15.3. The van der Waals surface area contributed by atoms with E-state index in [4.69, 9.17) is 14.2 Å². The molecule has 0 spiro atoms. The number of amides is 1. The first kappa shape index (κ1) is 18.8. The Morgan fingerprint density at radius 3 is 2.39 bits per heavy atom. The van der Waals surface area contributed by atoms with Crippen molar-refractivity contribution in [2.45, 2.75) is 37.8 Å². The molecule has 5 nitrogen and oxygen atoms in total. The van der Waals surface area contributed by atoms with Gasteiger partial charge in [0.25, 0.3) is 5.91 Å². The molecule has 1 saturated carbocycles. The number of nitrogens with one attached hydrogen (secondary N) is 1. The molecule has 1 amide bonds. The first-order valence-electron chi connectivity index (χ1n) is 10.0. The minimum absolute atomic E-state index is 0.0360. The molecule has 2 aliphatic rings. The third kappa shape index (κ3) is 4.65. The highest BCUT2D eigenvalue weighted by Crippen LogP contribution is 2.41. The van der Waals surface area contributed by atoms with Crippen molar-refractivity contribution in [1.29, 1.82) is 0 Å². The minimum Gasteiger partial charge on any atom is -0.497 e. The molecule has 1 heterocycles. The van der Waals surface area contributed by atoms with Crippen molar-refractivity contribution in [2.24, 2.45) is 5.92 Å². The van der Waals surface area contributed by atoms with E-state index in [1.807, 2.05) is 48.5 Å². The van der Waals surface area contributed by atoms with Crippen LogP contribution in [0.2, 0.25) is 0 Å². The van der Waals surface area contributed by atoms with E-state index in [0.29, 0.717) is 18.1 Å². The molecule has 0 radical (unpaired) electrons. The number of hydrogen-bond acceptors (Lipinski definition) is 4. The minimum atomic E-state index is -0.0570. The summed E-state index contributed by atoms with van der Waals surface area (Å²) in [6.07, 6.45) is 4.63. The SMILES string of the molecule is COc1ccc(C(NC(=O)c2ccc(OCC3CCCO3)cc2)C2CC2)cc1. The van der Waals surface area contributed by atoms with E-state index in [9.17, 15) is 4.79 Å². The van der Waals surface area contributed by atoms with Crippen LogP contribution in [0, 0.1) is 5.92 Å². The van der Waals surface area contributed by atoms with Gasteiger partial charge in [0.15, 0.2) is 0 Å². The van der Waals surface area contributed by atoms with Crippen LogP contribution >= 0.6 is 0 Å². The molecule has 0 bridgehead atoms. The van der Waals surface area contributed by atoms with E-state index in [1.54, 1.807) is 7.11 Å². The van der Waals surface area contributed by atoms with Crippen molar-refractivity contribution in [2.75, 3.05) is 20.3 Å². The Bertz CT molecular complexity index is 777. The summed E-state index contributed by atoms with van der Waals surface area (Å²) < 4.78 is 16.6. The van der Waals surface area contributed by atoms with E-state index in [0.717, 1.165) is 49.4 Å². The summed E-state index contributed by atoms with van der Waals surface area (Å²) >= 11 is 0. The van der Waals surface area contributed by atoms with Crippen LogP contribution < -0.4 is 14.8 Å². The number of rotatable bonds is 8. The molecule has 1 saturated heterocycles. The fraction of sp³-hybridized carbons (Fsp3) is 0.435. The van der Waals surface area contributed by atoms with Crippen molar-refractivity contribution in [3.63, 3.8) is 0 Å². The smallest absolute Gasteiger partial charge is 0.251 e. The maximum atomic E-state index is 12.8. The molecule has 1 N–H and O–H groups in total. The number of methoxy groups -OCH3 is 1. The van der Waals surface area contributed by atoms with Gasteiger partial charge < -0.3 is 19.5 Å². The van der Waals surface area contributed by atoms with Crippen LogP contribution in [0.3, 0.4) is 0 Å². The van der Waals surface area contributed by atoms with Gasteiger partial charge in [-0.2, -0.15) is 0 Å². The molecular weight excluding hydrogens is 354 g/mol. The normalized spacial score (nSPS) is 19.8. The van der Waals surface area contributed by atoms with Crippen molar-refractivity contribution in [3.8, 4) is 11.5 Å². The predicted molar refractivity (Wildman–Crippen MR) is 107 cm³/mol. The van der Waals surface area contributed by atoms with E-state index in [-0.39, 0.29) is 18.1 Å². The molecule has 2 aromatic carbocycles. The third-order valence-corrected chi connectivity index (χ3v) is 5.43. The fourth-order valence-corrected chi connectivity index (χ4v) is 3.61. The lowest BCUT2D eigenvalue weighted by molar-refractivity contribution is 0.0679. The van der Waals surface area contributed by atoms with Crippen molar-refractivity contribution >= 4 is 5.91 Å². The molecule has 0 aromatic heterocycles. The second-order valence-electron chi connectivity index (χ2n) is 7.53. The Morgan fingerprint density at radius 2 is 1.79 bits per heavy atom. The fourth-order valence-electron chi connectivity index (χ4n) is 3.61. The van der Waals surface area contributed by atoms with Gasteiger partial charge in [0.2, 0.25) is 0 Å². The van der Waals surface area contributed by atoms with Gasteiger partial charge in [-0.1, -0.05) is 12.1 Å². The molecular formula is C23H27NO4. The van der Waals surface area contributed by atoms with Crippen LogP contribution in [0.4, 0.5) is 0 Å². The Labute approximate surface area is 166 Å². The highest BCUT2D eigenvalue weighted by molar-refractivity contribution is 5.94. The van der Waals surface area contributed by atoms with E-state index >= 15 is 0 Å². The van der Waals surface area contributed by atoms with Crippen molar-refractivity contribution < 1.29 is 19.0 Å². The van der Waals surface area contributed by atoms with E-state index in [2.05, 4.69) is 5.32 Å². The van der Waals surface area contributed by atoms with Gasteiger partial charge in [-0.05, 0) is 73.6 Å². The summed E-state index contributed by atoms with van der Waals surface area (Å²) in [7, 11) is 1.66. The summed E-state index contributed by atoms with van der Waals surface area (Å²) in [5.74, 6) is 2.04. The second kappa shape index (κ2) is 8.65. The number of hydrogen-bond donors (Lipinski definition) is 1. The van der Waals surface area contributed by atoms with Gasteiger partial charge in [-0.3, -0.25) is 4.79 Å². The molecule has 4 rings (SSSR count). The van der Waals surface area contributed by atoms with Crippen LogP contribution in [0.5, 0.6) is 11.5 Å². The van der Waals surface area contributed by atoms with Crippen LogP contribution in [0.15, 0.2) is 48.5 Å². The zero-order valence-electron chi connectivity index (χ0n) is 16.2. The molecule has 2 aromatic rings. The highest BCUT2D eigenvalue weighted by Gasteiger charge is 2.33. The molecule has 1 aliphatic carbocycles. The molecule has 28 heavy (non-hydrogen) atoms. The number of ether oxygens (including phenoxy) is 3. The zero-order valence-corrected chi connectivity index (χ0v) is 16.2. The topological polar surface area (TPSA) is 56.8 Å². The average molecular weight is 381 g/mol. The second-order valence-corrected chi connectivity index (χ2v) is 7.53. The number of carbonyl (C=O) groups excluding carboxylic acids is 1. The van der Waals surface area contributed by atoms with Gasteiger partial charge >= 0.3 is 0 Å². The highest BCUT2D eigenvalue weighted by atomic mass is 16.5. The lowest BCUT2D eigenvalue weighted by atomic mass is 10.0. The van der Waals surface area contributed by atoms with E-state index in [1.165, 1.54) is 0 Å². The number of benzene rings is 2. The Kier molecular flexibility index (Phi) is 5.81. The van der Waals surface area contributed by atoms with E-state index < -0.39 is 0 Å². The molecule has 2 atom stereocenters. The molecule has 2 fully saturated rings. The standard InChI is InChI=1S/C23H27NO4/c1-26-19-10-6-17(7-11-19)22(16-4-5-16)24-23(25)18-8-12-20(13-9-18)28-15-21-3-2-14-27-21/h6-13,16,21-22H,2-5,14-15H2,1H3,(H,24,25). The van der Waals surface area contributed by atoms with Crippen molar-refractivity contribution in [1.82, 2.24) is 5.32 Å². The van der Waals surface area contributed by atoms with Gasteiger partial charge in [0.1, 0.15) is 18.1 Å². The number of carbonyl (C=O) groups is 1. The molecule has 2 unspecified atom stereocenters. The van der Waals surface area contributed by atoms with Gasteiger partial charge in [0.05, 0.1) is 19.3 Å². The van der Waals surface area contributed by atoms with Crippen molar-refractivity contribution in [3.05, 3.63) is 59.7 Å². The predicted octanol–water partition coefficient (Wildman–Crippen LogP) is 4.13. The first-order chi connectivity index (χ1) is 13.7. The van der Waals surface area contributed by atoms with Crippen LogP contribution in [-0.2, 0) is 4.74 Å². The molecule has 148 valence electrons. The maximum absolute atomic E-state index is 12.8. The summed E-state index contributed by atoms with van der Waals surface area (Å²) in [4.78, 5) is 12.8. The van der Waals surface area contributed by atoms with Gasteiger partial charge in [-0.25, -0.2) is 0 Å². The summed E-state index contributed by atoms with van der Waals surface area (Å²) in [5.41, 5.74) is 1.76. The Hall–Kier alpha value is -2.53. The largest absolute Gasteiger partial charge is 0.497 e. The third-order valence-electron chi connectivity index (χ3n) is 5.43. The Balaban J connectivity index is 1.37. The van der Waals surface area contributed by atoms with Crippen LogP contribution in [-0.4, -0.2) is 32.3 Å².